The number of ether oxygens (including phenoxy) is 2. The van der Waals surface area contributed by atoms with Gasteiger partial charge in [-0.25, -0.2) is 0 Å². The minimum Gasteiger partial charge on any atom is -0.411 e. The number of ketones is 1. The first-order chi connectivity index (χ1) is 10.3. The highest BCUT2D eigenvalue weighted by molar-refractivity contribution is 6.74. The average molecular weight is 339 g/mol. The van der Waals surface area contributed by atoms with Crippen LogP contribution in [-0.2, 0) is 18.7 Å². The van der Waals surface area contributed by atoms with E-state index in [1.54, 1.807) is 6.08 Å². The highest BCUT2D eigenvalue weighted by Crippen LogP contribution is 2.41. The summed E-state index contributed by atoms with van der Waals surface area (Å²) in [4.78, 5) is 12.6. The van der Waals surface area contributed by atoms with Crippen molar-refractivity contribution in [2.75, 3.05) is 0 Å². The van der Waals surface area contributed by atoms with E-state index in [2.05, 4.69) is 40.4 Å². The molecule has 1 aliphatic carbocycles. The van der Waals surface area contributed by atoms with Crippen LogP contribution in [0.3, 0.4) is 0 Å². The summed E-state index contributed by atoms with van der Waals surface area (Å²) in [5.41, 5.74) is 0.465. The van der Waals surface area contributed by atoms with E-state index in [0.717, 1.165) is 0 Å². The number of rotatable bonds is 2. The molecule has 0 unspecified atom stereocenters. The molecule has 0 bridgehead atoms. The fraction of sp³-hybridized carbons (Fsp3) is 0.722. The van der Waals surface area contributed by atoms with Crippen LogP contribution in [0.2, 0.25) is 18.1 Å². The molecule has 1 fully saturated rings. The van der Waals surface area contributed by atoms with Crippen LogP contribution in [0, 0.1) is 0 Å². The van der Waals surface area contributed by atoms with Crippen molar-refractivity contribution in [3.8, 4) is 0 Å². The van der Waals surface area contributed by atoms with E-state index >= 15 is 0 Å². The van der Waals surface area contributed by atoms with E-state index < -0.39 is 26.3 Å². The number of carbonyl (C=O) groups excluding carboxylic acids is 1. The largest absolute Gasteiger partial charge is 0.411 e. The first kappa shape index (κ1) is 18.6. The molecule has 0 aromatic carbocycles. The molecule has 130 valence electrons. The fourth-order valence-electron chi connectivity index (χ4n) is 2.68. The van der Waals surface area contributed by atoms with E-state index in [0.29, 0.717) is 12.0 Å². The summed E-state index contributed by atoms with van der Waals surface area (Å²) in [6.45, 7) is 18.6. The number of fused-ring (bicyclic) bond motifs is 1. The van der Waals surface area contributed by atoms with Gasteiger partial charge in [-0.1, -0.05) is 39.5 Å². The molecule has 0 aromatic heterocycles. The Morgan fingerprint density at radius 1 is 1.30 bits per heavy atom. The van der Waals surface area contributed by atoms with Crippen molar-refractivity contribution in [2.24, 2.45) is 0 Å². The summed E-state index contributed by atoms with van der Waals surface area (Å²) < 4.78 is 18.5. The standard InChI is InChI=1S/C18H30O4Si/c1-12-10-9-11-13(22-23(7,8)17(2,3)4)15-16(14(12)19)21-18(5,6)20-15/h9-10,13,15-16H,1,11H2,2-8H3/b10-9-/t13-,15-,16+/m0/s1. The Kier molecular flexibility index (Phi) is 4.81. The van der Waals surface area contributed by atoms with Gasteiger partial charge in [-0.05, 0) is 38.4 Å². The maximum Gasteiger partial charge on any atom is 0.193 e. The normalized spacial score (nSPS) is 33.1. The second kappa shape index (κ2) is 5.95. The Balaban J connectivity index is 2.33. The Bertz CT molecular complexity index is 528. The van der Waals surface area contributed by atoms with Crippen LogP contribution in [-0.4, -0.2) is 38.2 Å². The zero-order valence-corrected chi connectivity index (χ0v) is 16.4. The molecule has 0 saturated carbocycles. The molecule has 0 radical (unpaired) electrons. The summed E-state index contributed by atoms with van der Waals surface area (Å²) in [6, 6.07) is 0. The summed E-state index contributed by atoms with van der Waals surface area (Å²) in [5.74, 6) is -0.898. The third-order valence-corrected chi connectivity index (χ3v) is 9.51. The van der Waals surface area contributed by atoms with Crippen LogP contribution in [0.5, 0.6) is 0 Å². The number of hydrogen-bond donors (Lipinski definition) is 0. The number of hydrogen-bond acceptors (Lipinski definition) is 4. The van der Waals surface area contributed by atoms with Gasteiger partial charge in [0, 0.05) is 5.57 Å². The lowest BCUT2D eigenvalue weighted by atomic mass is 9.95. The van der Waals surface area contributed by atoms with Crippen LogP contribution < -0.4 is 0 Å². The van der Waals surface area contributed by atoms with Gasteiger partial charge >= 0.3 is 0 Å². The van der Waals surface area contributed by atoms with Crippen molar-refractivity contribution >= 4 is 14.1 Å². The van der Waals surface area contributed by atoms with Crippen LogP contribution in [0.15, 0.2) is 24.3 Å². The van der Waals surface area contributed by atoms with Gasteiger partial charge in [-0.2, -0.15) is 0 Å². The summed E-state index contributed by atoms with van der Waals surface area (Å²) in [7, 11) is -1.98. The van der Waals surface area contributed by atoms with Gasteiger partial charge in [0.25, 0.3) is 0 Å². The monoisotopic (exact) mass is 338 g/mol. The van der Waals surface area contributed by atoms with E-state index in [1.165, 1.54) is 0 Å². The second-order valence-corrected chi connectivity index (χ2v) is 13.2. The molecule has 1 aliphatic heterocycles. The van der Waals surface area contributed by atoms with Crippen molar-refractivity contribution in [1.82, 2.24) is 0 Å². The lowest BCUT2D eigenvalue weighted by Gasteiger charge is -2.41. The fourth-order valence-corrected chi connectivity index (χ4v) is 4.02. The Labute approximate surface area is 141 Å². The maximum absolute atomic E-state index is 12.6. The van der Waals surface area contributed by atoms with E-state index in [4.69, 9.17) is 13.9 Å². The van der Waals surface area contributed by atoms with Crippen LogP contribution in [0.25, 0.3) is 0 Å². The van der Waals surface area contributed by atoms with Crippen molar-refractivity contribution in [2.45, 2.75) is 83.3 Å². The molecule has 5 heteroatoms. The van der Waals surface area contributed by atoms with Crippen LogP contribution >= 0.6 is 0 Å². The smallest absolute Gasteiger partial charge is 0.193 e. The molecule has 0 N–H and O–H groups in total. The Morgan fingerprint density at radius 2 is 1.91 bits per heavy atom. The minimum atomic E-state index is -1.98. The highest BCUT2D eigenvalue weighted by atomic mass is 28.4. The number of carbonyl (C=O) groups is 1. The van der Waals surface area contributed by atoms with Gasteiger partial charge in [0.1, 0.15) is 6.10 Å². The molecular weight excluding hydrogens is 308 g/mol. The summed E-state index contributed by atoms with van der Waals surface area (Å²) in [5, 5.41) is 0.0944. The van der Waals surface area contributed by atoms with Crippen molar-refractivity contribution in [3.05, 3.63) is 24.3 Å². The van der Waals surface area contributed by atoms with E-state index in [9.17, 15) is 4.79 Å². The first-order valence-electron chi connectivity index (χ1n) is 8.27. The summed E-state index contributed by atoms with van der Waals surface area (Å²) in [6.07, 6.45) is 3.21. The number of allylic oxidation sites excluding steroid dienone is 1. The molecule has 23 heavy (non-hydrogen) atoms. The third-order valence-electron chi connectivity index (χ3n) is 5.01. The molecule has 0 amide bonds. The van der Waals surface area contributed by atoms with Gasteiger partial charge in [0.05, 0.1) is 6.10 Å². The molecule has 0 aromatic rings. The molecule has 2 rings (SSSR count). The van der Waals surface area contributed by atoms with Crippen LogP contribution in [0.4, 0.5) is 0 Å². The van der Waals surface area contributed by atoms with Crippen molar-refractivity contribution in [3.63, 3.8) is 0 Å². The summed E-state index contributed by atoms with van der Waals surface area (Å²) >= 11 is 0. The average Bonchev–Trinajstić information content (AvgIpc) is 2.70. The molecular formula is C18H30O4Si. The lowest BCUT2D eigenvalue weighted by molar-refractivity contribution is -0.157. The predicted octanol–water partition coefficient (Wildman–Crippen LogP) is 3.98. The third kappa shape index (κ3) is 3.84. The van der Waals surface area contributed by atoms with E-state index in [1.807, 2.05) is 19.9 Å². The Hall–Kier alpha value is -0.753. The van der Waals surface area contributed by atoms with E-state index in [-0.39, 0.29) is 16.9 Å². The molecule has 1 heterocycles. The molecule has 0 spiro atoms. The van der Waals surface area contributed by atoms with Gasteiger partial charge in [-0.15, -0.1) is 0 Å². The molecule has 3 atom stereocenters. The molecule has 1 saturated heterocycles. The quantitative estimate of drug-likeness (QED) is 0.564. The molecule has 2 aliphatic rings. The highest BCUT2D eigenvalue weighted by Gasteiger charge is 2.51. The maximum atomic E-state index is 12.6. The van der Waals surface area contributed by atoms with Crippen molar-refractivity contribution in [1.29, 1.82) is 0 Å². The molecule has 4 nitrogen and oxygen atoms in total. The first-order valence-corrected chi connectivity index (χ1v) is 11.2. The van der Waals surface area contributed by atoms with Gasteiger partial charge in [0.15, 0.2) is 26.0 Å². The second-order valence-electron chi connectivity index (χ2n) is 8.46. The zero-order chi connectivity index (χ0) is 17.6. The van der Waals surface area contributed by atoms with Gasteiger partial charge in [-0.3, -0.25) is 4.79 Å². The minimum absolute atomic E-state index is 0.0944. The SMILES string of the molecule is C=C1/C=C\C[C@H](O[Si](C)(C)C(C)(C)C)[C@@H]2OC(C)(C)O[C@@H]2C1=O. The lowest BCUT2D eigenvalue weighted by Crippen LogP contribution is -2.50. The Morgan fingerprint density at radius 3 is 2.48 bits per heavy atom. The van der Waals surface area contributed by atoms with Gasteiger partial charge < -0.3 is 13.9 Å². The topological polar surface area (TPSA) is 44.8 Å². The number of Topliss-reactive ketones (excluding diaryl/α,β-unsaturated/α-hetero) is 1. The van der Waals surface area contributed by atoms with Crippen molar-refractivity contribution < 1.29 is 18.7 Å². The van der Waals surface area contributed by atoms with Crippen LogP contribution in [0.1, 0.15) is 41.0 Å². The van der Waals surface area contributed by atoms with Gasteiger partial charge in [0.2, 0.25) is 0 Å². The zero-order valence-electron chi connectivity index (χ0n) is 15.4. The predicted molar refractivity (Wildman–Crippen MR) is 93.8 cm³/mol.